The summed E-state index contributed by atoms with van der Waals surface area (Å²) in [5.41, 5.74) is 5.44. The maximum absolute atomic E-state index is 9.12. The number of ether oxygens (including phenoxy) is 2. The van der Waals surface area contributed by atoms with Crippen LogP contribution in [0.1, 0.15) is 26.7 Å². The first-order valence-corrected chi connectivity index (χ1v) is 6.58. The topological polar surface area (TPSA) is 68.0 Å². The standard InChI is InChI=1S/C13H30N2O3/c1-12(10-18-4)15(8-9-17-3)7-5-6-13(2,14)11-16/h12,16H,5-11,14H2,1-4H3. The van der Waals surface area contributed by atoms with Crippen molar-refractivity contribution in [2.45, 2.75) is 38.3 Å². The fourth-order valence-corrected chi connectivity index (χ4v) is 1.87. The summed E-state index contributed by atoms with van der Waals surface area (Å²) in [5.74, 6) is 0. The van der Waals surface area contributed by atoms with E-state index >= 15 is 0 Å². The summed E-state index contributed by atoms with van der Waals surface area (Å²) < 4.78 is 10.3. The largest absolute Gasteiger partial charge is 0.394 e. The van der Waals surface area contributed by atoms with E-state index < -0.39 is 5.54 Å². The zero-order valence-electron chi connectivity index (χ0n) is 12.3. The minimum Gasteiger partial charge on any atom is -0.394 e. The zero-order valence-corrected chi connectivity index (χ0v) is 12.3. The molecule has 0 aliphatic carbocycles. The lowest BCUT2D eigenvalue weighted by atomic mass is 9.98. The third kappa shape index (κ3) is 8.00. The number of aliphatic hydroxyl groups excluding tert-OH is 1. The molecule has 0 aromatic heterocycles. The second-order valence-corrected chi connectivity index (χ2v) is 5.25. The van der Waals surface area contributed by atoms with E-state index in [1.165, 1.54) is 0 Å². The monoisotopic (exact) mass is 262 g/mol. The van der Waals surface area contributed by atoms with Gasteiger partial charge >= 0.3 is 0 Å². The fraction of sp³-hybridized carbons (Fsp3) is 1.00. The molecule has 0 aromatic carbocycles. The van der Waals surface area contributed by atoms with Crippen molar-refractivity contribution in [1.82, 2.24) is 4.90 Å². The number of rotatable bonds is 11. The van der Waals surface area contributed by atoms with Crippen LogP contribution < -0.4 is 5.73 Å². The van der Waals surface area contributed by atoms with Crippen molar-refractivity contribution < 1.29 is 14.6 Å². The normalized spacial score (nSPS) is 16.8. The molecular formula is C13H30N2O3. The quantitative estimate of drug-likeness (QED) is 0.566. The van der Waals surface area contributed by atoms with E-state index in [9.17, 15) is 0 Å². The second kappa shape index (κ2) is 9.69. The maximum atomic E-state index is 9.12. The van der Waals surface area contributed by atoms with E-state index in [0.29, 0.717) is 19.3 Å². The number of hydrogen-bond acceptors (Lipinski definition) is 5. The van der Waals surface area contributed by atoms with Gasteiger partial charge in [0.1, 0.15) is 0 Å². The molecule has 5 heteroatoms. The molecule has 0 heterocycles. The van der Waals surface area contributed by atoms with Crippen molar-refractivity contribution >= 4 is 0 Å². The van der Waals surface area contributed by atoms with Gasteiger partial charge < -0.3 is 20.3 Å². The van der Waals surface area contributed by atoms with Gasteiger partial charge in [0.2, 0.25) is 0 Å². The van der Waals surface area contributed by atoms with E-state index in [1.54, 1.807) is 14.2 Å². The van der Waals surface area contributed by atoms with Crippen molar-refractivity contribution in [3.63, 3.8) is 0 Å². The highest BCUT2D eigenvalue weighted by Gasteiger charge is 2.18. The number of nitrogens with two attached hydrogens (primary N) is 1. The van der Waals surface area contributed by atoms with Crippen molar-refractivity contribution in [3.05, 3.63) is 0 Å². The van der Waals surface area contributed by atoms with E-state index in [-0.39, 0.29) is 6.61 Å². The number of aliphatic hydroxyl groups is 1. The molecule has 0 radical (unpaired) electrons. The molecule has 3 N–H and O–H groups in total. The van der Waals surface area contributed by atoms with Crippen LogP contribution in [0.5, 0.6) is 0 Å². The molecule has 5 nitrogen and oxygen atoms in total. The van der Waals surface area contributed by atoms with Gasteiger partial charge in [-0.2, -0.15) is 0 Å². The molecule has 0 bridgehead atoms. The molecule has 2 unspecified atom stereocenters. The van der Waals surface area contributed by atoms with Gasteiger partial charge in [0.25, 0.3) is 0 Å². The summed E-state index contributed by atoms with van der Waals surface area (Å²) in [6.45, 7) is 7.32. The average molecular weight is 262 g/mol. The first kappa shape index (κ1) is 17.8. The smallest absolute Gasteiger partial charge is 0.0615 e. The van der Waals surface area contributed by atoms with Crippen LogP contribution in [0.4, 0.5) is 0 Å². The lowest BCUT2D eigenvalue weighted by molar-refractivity contribution is 0.0719. The highest BCUT2D eigenvalue weighted by molar-refractivity contribution is 4.78. The average Bonchev–Trinajstić information content (AvgIpc) is 2.33. The highest BCUT2D eigenvalue weighted by Crippen LogP contribution is 2.10. The molecule has 0 spiro atoms. The highest BCUT2D eigenvalue weighted by atomic mass is 16.5. The van der Waals surface area contributed by atoms with E-state index in [4.69, 9.17) is 20.3 Å². The van der Waals surface area contributed by atoms with E-state index in [0.717, 1.165) is 25.9 Å². The van der Waals surface area contributed by atoms with Crippen molar-refractivity contribution in [3.8, 4) is 0 Å². The summed E-state index contributed by atoms with van der Waals surface area (Å²) in [6.07, 6.45) is 1.78. The Morgan fingerprint density at radius 1 is 1.28 bits per heavy atom. The van der Waals surface area contributed by atoms with Gasteiger partial charge in [-0.05, 0) is 33.2 Å². The summed E-state index contributed by atoms with van der Waals surface area (Å²) >= 11 is 0. The molecule has 2 atom stereocenters. The minimum atomic E-state index is -0.475. The SMILES string of the molecule is COCCN(CCCC(C)(N)CO)C(C)COC. The van der Waals surface area contributed by atoms with Crippen LogP contribution in [0.2, 0.25) is 0 Å². The van der Waals surface area contributed by atoms with Gasteiger partial charge in [0.05, 0.1) is 19.8 Å². The van der Waals surface area contributed by atoms with Crippen LogP contribution in [0, 0.1) is 0 Å². The predicted molar refractivity (Wildman–Crippen MR) is 73.7 cm³/mol. The van der Waals surface area contributed by atoms with E-state index in [2.05, 4.69) is 11.8 Å². The predicted octanol–water partition coefficient (Wildman–Crippen LogP) is 0.460. The fourth-order valence-electron chi connectivity index (χ4n) is 1.87. The Hall–Kier alpha value is -0.200. The zero-order chi connectivity index (χ0) is 14.0. The number of hydrogen-bond donors (Lipinski definition) is 2. The van der Waals surface area contributed by atoms with Crippen LogP contribution in [0.25, 0.3) is 0 Å². The molecule has 0 aromatic rings. The Balaban J connectivity index is 4.07. The van der Waals surface area contributed by atoms with Crippen LogP contribution in [0.15, 0.2) is 0 Å². The minimum absolute atomic E-state index is 0.0265. The Bertz CT molecular complexity index is 201. The van der Waals surface area contributed by atoms with E-state index in [1.807, 2.05) is 6.92 Å². The number of methoxy groups -OCH3 is 2. The third-order valence-electron chi connectivity index (χ3n) is 3.17. The molecule has 0 rings (SSSR count). The summed E-state index contributed by atoms with van der Waals surface area (Å²) in [7, 11) is 3.43. The van der Waals surface area contributed by atoms with Crippen LogP contribution in [-0.2, 0) is 9.47 Å². The summed E-state index contributed by atoms with van der Waals surface area (Å²) in [5, 5.41) is 9.12. The summed E-state index contributed by atoms with van der Waals surface area (Å²) in [4.78, 5) is 2.33. The molecule has 0 amide bonds. The summed E-state index contributed by atoms with van der Waals surface area (Å²) in [6, 6.07) is 0.364. The van der Waals surface area contributed by atoms with Crippen LogP contribution in [0.3, 0.4) is 0 Å². The Morgan fingerprint density at radius 2 is 1.94 bits per heavy atom. The van der Waals surface area contributed by atoms with Gasteiger partial charge in [-0.1, -0.05) is 0 Å². The Kier molecular flexibility index (Phi) is 9.59. The molecule has 0 aliphatic heterocycles. The first-order chi connectivity index (χ1) is 8.46. The molecule has 0 fully saturated rings. The Labute approximate surface area is 111 Å². The second-order valence-electron chi connectivity index (χ2n) is 5.25. The molecule has 18 heavy (non-hydrogen) atoms. The lowest BCUT2D eigenvalue weighted by Gasteiger charge is -2.30. The maximum Gasteiger partial charge on any atom is 0.0615 e. The number of nitrogens with zero attached hydrogens (tertiary/aromatic N) is 1. The van der Waals surface area contributed by atoms with Gasteiger partial charge in [-0.3, -0.25) is 4.90 Å². The molecule has 0 saturated heterocycles. The Morgan fingerprint density at radius 3 is 2.44 bits per heavy atom. The van der Waals surface area contributed by atoms with Gasteiger partial charge in [-0.15, -0.1) is 0 Å². The van der Waals surface area contributed by atoms with Gasteiger partial charge in [-0.25, -0.2) is 0 Å². The molecule has 0 saturated carbocycles. The molecule has 110 valence electrons. The van der Waals surface area contributed by atoms with Gasteiger partial charge in [0, 0.05) is 32.3 Å². The van der Waals surface area contributed by atoms with Crippen molar-refractivity contribution in [2.75, 3.05) is 47.1 Å². The van der Waals surface area contributed by atoms with Gasteiger partial charge in [0.15, 0.2) is 0 Å². The lowest BCUT2D eigenvalue weighted by Crippen LogP contribution is -2.43. The molecular weight excluding hydrogens is 232 g/mol. The third-order valence-corrected chi connectivity index (χ3v) is 3.17. The first-order valence-electron chi connectivity index (χ1n) is 6.58. The van der Waals surface area contributed by atoms with Crippen LogP contribution >= 0.6 is 0 Å². The van der Waals surface area contributed by atoms with Crippen molar-refractivity contribution in [2.24, 2.45) is 5.73 Å². The van der Waals surface area contributed by atoms with Crippen molar-refractivity contribution in [1.29, 1.82) is 0 Å². The van der Waals surface area contributed by atoms with Crippen LogP contribution in [-0.4, -0.2) is 68.7 Å². The molecule has 0 aliphatic rings.